The first-order valence-corrected chi connectivity index (χ1v) is 14.4. The lowest BCUT2D eigenvalue weighted by molar-refractivity contribution is -0.113. The van der Waals surface area contributed by atoms with Crippen LogP contribution in [0.2, 0.25) is 0 Å². The zero-order valence-electron chi connectivity index (χ0n) is 19.9. The van der Waals surface area contributed by atoms with Crippen molar-refractivity contribution in [2.45, 2.75) is 56.6 Å². The van der Waals surface area contributed by atoms with E-state index in [0.29, 0.717) is 17.1 Å². The van der Waals surface area contributed by atoms with E-state index < -0.39 is 0 Å². The first-order valence-electron chi connectivity index (χ1n) is 12.6. The van der Waals surface area contributed by atoms with Crippen molar-refractivity contribution >= 4 is 34.1 Å². The van der Waals surface area contributed by atoms with E-state index in [4.69, 9.17) is 0 Å². The molecule has 4 aliphatic rings. The Kier molecular flexibility index (Phi) is 6.26. The predicted molar refractivity (Wildman–Crippen MR) is 141 cm³/mol. The molecule has 4 aliphatic carbocycles. The van der Waals surface area contributed by atoms with E-state index in [1.54, 1.807) is 0 Å². The molecule has 1 N–H and O–H groups in total. The highest BCUT2D eigenvalue weighted by Crippen LogP contribution is 2.61. The number of benzene rings is 1. The molecule has 0 saturated heterocycles. The van der Waals surface area contributed by atoms with Crippen LogP contribution < -0.4 is 5.32 Å². The molecule has 1 amide bonds. The monoisotopic (exact) mass is 505 g/mol. The van der Waals surface area contributed by atoms with E-state index in [-0.39, 0.29) is 11.7 Å². The predicted octanol–water partition coefficient (Wildman–Crippen LogP) is 6.08. The zero-order chi connectivity index (χ0) is 23.8. The van der Waals surface area contributed by atoms with Crippen molar-refractivity contribution < 1.29 is 4.79 Å². The third kappa shape index (κ3) is 4.83. The summed E-state index contributed by atoms with van der Waals surface area (Å²) in [7, 11) is 0. The van der Waals surface area contributed by atoms with E-state index >= 15 is 0 Å². The Labute approximate surface area is 214 Å². The minimum Gasteiger partial charge on any atom is -0.302 e. The number of nitrogens with one attached hydrogen (secondary N) is 1. The second kappa shape index (κ2) is 9.54. The number of aromatic nitrogens is 4. The smallest absolute Gasteiger partial charge is 0.236 e. The highest BCUT2D eigenvalue weighted by molar-refractivity contribution is 7.99. The van der Waals surface area contributed by atoms with Gasteiger partial charge in [0.15, 0.2) is 10.3 Å². The molecule has 4 bridgehead atoms. The molecule has 8 heteroatoms. The number of anilines is 1. The van der Waals surface area contributed by atoms with Crippen molar-refractivity contribution in [3.8, 4) is 11.3 Å². The molecule has 182 valence electrons. The van der Waals surface area contributed by atoms with Gasteiger partial charge in [-0.25, -0.2) is 4.98 Å². The molecule has 0 radical (unpaired) electrons. The van der Waals surface area contributed by atoms with Gasteiger partial charge in [-0.3, -0.25) is 4.79 Å². The van der Waals surface area contributed by atoms with Crippen LogP contribution in [0.1, 0.15) is 44.3 Å². The fraction of sp³-hybridized carbons (Fsp3) is 0.481. The molecular weight excluding hydrogens is 474 g/mol. The molecule has 0 aliphatic heterocycles. The molecule has 1 aromatic carbocycles. The number of thiazole rings is 1. The van der Waals surface area contributed by atoms with Gasteiger partial charge in [0.1, 0.15) is 5.82 Å². The van der Waals surface area contributed by atoms with E-state index in [0.717, 1.165) is 46.4 Å². The van der Waals surface area contributed by atoms with Gasteiger partial charge in [-0.2, -0.15) is 0 Å². The maximum Gasteiger partial charge on any atom is 0.236 e. The molecule has 7 rings (SSSR count). The fourth-order valence-corrected chi connectivity index (χ4v) is 8.57. The molecule has 6 nitrogen and oxygen atoms in total. The van der Waals surface area contributed by atoms with E-state index in [1.807, 2.05) is 41.8 Å². The van der Waals surface area contributed by atoms with Crippen molar-refractivity contribution in [3.05, 3.63) is 54.2 Å². The Bertz CT molecular complexity index is 1180. The lowest BCUT2D eigenvalue weighted by Gasteiger charge is -2.56. The van der Waals surface area contributed by atoms with Crippen molar-refractivity contribution in [2.75, 3.05) is 11.1 Å². The van der Waals surface area contributed by atoms with E-state index in [2.05, 4.69) is 31.6 Å². The molecule has 2 aromatic heterocycles. The molecule has 2 heterocycles. The standard InChI is InChI=1S/C27H31N5OS2/c1-2-8-32-23(15-27-12-18-9-19(13-27)11-20(10-18)14-27)30-31-26(32)35-17-24(33)29-25-28-22(16-34-25)21-6-4-3-5-7-21/h2-7,16,18-20H,1,8-15,17H2,(H,28,29,33). The Balaban J connectivity index is 1.10. The molecular formula is C27H31N5OS2. The SMILES string of the molecule is C=CCn1c(CC23CC4CC(CC(C4)C2)C3)nnc1SCC(=O)Nc1nc(-c2ccccc2)cs1. The summed E-state index contributed by atoms with van der Waals surface area (Å²) in [5, 5.41) is 15.4. The summed E-state index contributed by atoms with van der Waals surface area (Å²) in [5.41, 5.74) is 2.32. The number of carbonyl (C=O) groups is 1. The number of nitrogens with zero attached hydrogens (tertiary/aromatic N) is 4. The Morgan fingerprint density at radius 2 is 1.86 bits per heavy atom. The molecule has 3 aromatic rings. The van der Waals surface area contributed by atoms with Crippen LogP contribution in [0.25, 0.3) is 11.3 Å². The van der Waals surface area contributed by atoms with Gasteiger partial charge in [-0.15, -0.1) is 28.1 Å². The van der Waals surface area contributed by atoms with Gasteiger partial charge >= 0.3 is 0 Å². The number of carbonyl (C=O) groups excluding carboxylic acids is 1. The van der Waals surface area contributed by atoms with Crippen molar-refractivity contribution in [1.29, 1.82) is 0 Å². The van der Waals surface area contributed by atoms with Crippen molar-refractivity contribution in [3.63, 3.8) is 0 Å². The minimum absolute atomic E-state index is 0.0836. The number of rotatable bonds is 9. The van der Waals surface area contributed by atoms with Crippen LogP contribution in [0.4, 0.5) is 5.13 Å². The Morgan fingerprint density at radius 3 is 2.54 bits per heavy atom. The first-order chi connectivity index (χ1) is 17.1. The molecule has 4 fully saturated rings. The van der Waals surface area contributed by atoms with Crippen LogP contribution in [0, 0.1) is 23.2 Å². The number of thioether (sulfide) groups is 1. The normalized spacial score (nSPS) is 26.7. The lowest BCUT2D eigenvalue weighted by atomic mass is 9.49. The van der Waals surface area contributed by atoms with E-state index in [1.165, 1.54) is 61.6 Å². The summed E-state index contributed by atoms with van der Waals surface area (Å²) >= 11 is 2.88. The maximum absolute atomic E-state index is 12.7. The topological polar surface area (TPSA) is 72.7 Å². The van der Waals surface area contributed by atoms with Crippen LogP contribution >= 0.6 is 23.1 Å². The quantitative estimate of drug-likeness (QED) is 0.282. The summed E-state index contributed by atoms with van der Waals surface area (Å²) in [6, 6.07) is 9.99. The second-order valence-electron chi connectivity index (χ2n) is 10.6. The summed E-state index contributed by atoms with van der Waals surface area (Å²) in [6.07, 6.45) is 11.3. The summed E-state index contributed by atoms with van der Waals surface area (Å²) in [6.45, 7) is 4.62. The van der Waals surface area contributed by atoms with Crippen LogP contribution in [-0.2, 0) is 17.8 Å². The average molecular weight is 506 g/mol. The van der Waals surface area contributed by atoms with Crippen LogP contribution in [0.3, 0.4) is 0 Å². The van der Waals surface area contributed by atoms with Gasteiger partial charge in [0.2, 0.25) is 5.91 Å². The molecule has 35 heavy (non-hydrogen) atoms. The van der Waals surface area contributed by atoms with Crippen LogP contribution in [0.15, 0.2) is 53.5 Å². The number of amides is 1. The Hall–Kier alpha value is -2.45. The van der Waals surface area contributed by atoms with Gasteiger partial charge in [0.25, 0.3) is 0 Å². The van der Waals surface area contributed by atoms with Crippen molar-refractivity contribution in [1.82, 2.24) is 19.7 Å². The van der Waals surface area contributed by atoms with E-state index in [9.17, 15) is 4.79 Å². The van der Waals surface area contributed by atoms with Gasteiger partial charge in [-0.1, -0.05) is 48.2 Å². The third-order valence-corrected chi connectivity index (χ3v) is 9.68. The average Bonchev–Trinajstić information content (AvgIpc) is 3.45. The first kappa shape index (κ1) is 23.0. The Morgan fingerprint density at radius 1 is 1.14 bits per heavy atom. The van der Waals surface area contributed by atoms with Gasteiger partial charge in [0, 0.05) is 23.9 Å². The fourth-order valence-electron chi connectivity index (χ4n) is 7.07. The molecule has 0 atom stereocenters. The second-order valence-corrected chi connectivity index (χ2v) is 12.4. The summed E-state index contributed by atoms with van der Waals surface area (Å²) in [5.74, 6) is 4.00. The molecule has 0 unspecified atom stereocenters. The number of hydrogen-bond donors (Lipinski definition) is 1. The van der Waals surface area contributed by atoms with Gasteiger partial charge in [-0.05, 0) is 61.7 Å². The number of allylic oxidation sites excluding steroid dienone is 1. The third-order valence-electron chi connectivity index (χ3n) is 7.96. The lowest BCUT2D eigenvalue weighted by Crippen LogP contribution is -2.47. The number of hydrogen-bond acceptors (Lipinski definition) is 6. The minimum atomic E-state index is -0.0836. The van der Waals surface area contributed by atoms with Crippen LogP contribution in [0.5, 0.6) is 0 Å². The van der Waals surface area contributed by atoms with Crippen LogP contribution in [-0.4, -0.2) is 31.4 Å². The largest absolute Gasteiger partial charge is 0.302 e. The molecule has 4 saturated carbocycles. The highest BCUT2D eigenvalue weighted by atomic mass is 32.2. The van der Waals surface area contributed by atoms with Gasteiger partial charge in [0.05, 0.1) is 11.4 Å². The maximum atomic E-state index is 12.7. The summed E-state index contributed by atoms with van der Waals surface area (Å²) < 4.78 is 2.17. The zero-order valence-corrected chi connectivity index (χ0v) is 21.5. The summed E-state index contributed by atoms with van der Waals surface area (Å²) in [4.78, 5) is 17.2. The molecule has 0 spiro atoms. The van der Waals surface area contributed by atoms with Gasteiger partial charge < -0.3 is 9.88 Å². The highest BCUT2D eigenvalue weighted by Gasteiger charge is 2.51. The van der Waals surface area contributed by atoms with Crippen molar-refractivity contribution in [2.24, 2.45) is 23.2 Å².